The Balaban J connectivity index is 2.88. The number of hydrogen-bond acceptors (Lipinski definition) is 4. The highest BCUT2D eigenvalue weighted by Gasteiger charge is 2.16. The molecule has 6 heteroatoms. The summed E-state index contributed by atoms with van der Waals surface area (Å²) in [6.07, 6.45) is 1.42. The van der Waals surface area contributed by atoms with E-state index in [9.17, 15) is 9.59 Å². The first-order valence-electron chi connectivity index (χ1n) is 3.92. The predicted molar refractivity (Wildman–Crippen MR) is 45.9 cm³/mol. The maximum Gasteiger partial charge on any atom is 0.358 e. The van der Waals surface area contributed by atoms with Crippen molar-refractivity contribution in [1.82, 2.24) is 9.78 Å². The van der Waals surface area contributed by atoms with Crippen molar-refractivity contribution in [3.8, 4) is 0 Å². The molecular weight excluding hydrogens is 188 g/mol. The molecule has 0 aliphatic heterocycles. The maximum absolute atomic E-state index is 11.0. The highest BCUT2D eigenvalue weighted by Crippen LogP contribution is 2.06. The molecule has 1 N–H and O–H groups in total. The molecule has 0 saturated heterocycles. The summed E-state index contributed by atoms with van der Waals surface area (Å²) in [6.45, 7) is 1.47. The third-order valence-electron chi connectivity index (χ3n) is 1.76. The largest absolute Gasteiger partial charge is 0.480 e. The van der Waals surface area contributed by atoms with E-state index in [2.05, 4.69) is 9.84 Å². The molecule has 14 heavy (non-hydrogen) atoms. The number of carboxylic acids is 1. The molecule has 0 aromatic carbocycles. The zero-order valence-electron chi connectivity index (χ0n) is 7.80. The Morgan fingerprint density at radius 1 is 1.64 bits per heavy atom. The quantitative estimate of drug-likeness (QED) is 0.707. The molecule has 0 saturated carbocycles. The van der Waals surface area contributed by atoms with Crippen LogP contribution in [0.1, 0.15) is 23.5 Å². The fraction of sp³-hybridized carbons (Fsp3) is 0.375. The van der Waals surface area contributed by atoms with Crippen LogP contribution >= 0.6 is 0 Å². The summed E-state index contributed by atoms with van der Waals surface area (Å²) in [6, 6.07) is 0.610. The van der Waals surface area contributed by atoms with E-state index in [1.165, 1.54) is 31.0 Å². The number of methoxy groups -OCH3 is 1. The molecule has 0 unspecified atom stereocenters. The van der Waals surface area contributed by atoms with Crippen molar-refractivity contribution in [2.45, 2.75) is 13.0 Å². The van der Waals surface area contributed by atoms with Gasteiger partial charge in [-0.25, -0.2) is 9.59 Å². The van der Waals surface area contributed by atoms with Crippen molar-refractivity contribution in [3.05, 3.63) is 18.0 Å². The van der Waals surface area contributed by atoms with Crippen LogP contribution in [0.15, 0.2) is 12.3 Å². The number of nitrogens with zero attached hydrogens (tertiary/aromatic N) is 2. The van der Waals surface area contributed by atoms with Crippen LogP contribution in [0.5, 0.6) is 0 Å². The highest BCUT2D eigenvalue weighted by atomic mass is 16.5. The second kappa shape index (κ2) is 3.91. The van der Waals surface area contributed by atoms with E-state index in [0.717, 1.165) is 0 Å². The van der Waals surface area contributed by atoms with Crippen LogP contribution < -0.4 is 0 Å². The molecule has 0 aliphatic rings. The van der Waals surface area contributed by atoms with Crippen LogP contribution in [-0.2, 0) is 9.53 Å². The predicted octanol–water partition coefficient (Wildman–Crippen LogP) is 0.315. The summed E-state index contributed by atoms with van der Waals surface area (Å²) in [5, 5.41) is 12.4. The van der Waals surface area contributed by atoms with Crippen LogP contribution in [0, 0.1) is 0 Å². The van der Waals surface area contributed by atoms with Gasteiger partial charge in [-0.15, -0.1) is 0 Å². The zero-order valence-corrected chi connectivity index (χ0v) is 7.80. The van der Waals surface area contributed by atoms with Crippen molar-refractivity contribution in [1.29, 1.82) is 0 Å². The number of hydrogen-bond donors (Lipinski definition) is 1. The number of carbonyl (C=O) groups is 2. The fourth-order valence-electron chi connectivity index (χ4n) is 0.880. The number of carboxylic acid groups (broad SMARTS) is 1. The molecule has 76 valence electrons. The Hall–Kier alpha value is -1.85. The van der Waals surface area contributed by atoms with Crippen molar-refractivity contribution in [3.63, 3.8) is 0 Å². The summed E-state index contributed by atoms with van der Waals surface area (Å²) < 4.78 is 5.62. The summed E-state index contributed by atoms with van der Waals surface area (Å²) in [4.78, 5) is 21.5. The first-order chi connectivity index (χ1) is 6.56. The average molecular weight is 198 g/mol. The van der Waals surface area contributed by atoms with E-state index in [-0.39, 0.29) is 5.69 Å². The lowest BCUT2D eigenvalue weighted by Crippen LogP contribution is -2.16. The van der Waals surface area contributed by atoms with E-state index in [1.54, 1.807) is 0 Å². The Bertz CT molecular complexity index is 358. The topological polar surface area (TPSA) is 81.4 Å². The molecule has 0 aliphatic carbocycles. The second-order valence-corrected chi connectivity index (χ2v) is 2.69. The first kappa shape index (κ1) is 10.2. The van der Waals surface area contributed by atoms with Crippen molar-refractivity contribution < 1.29 is 19.4 Å². The lowest BCUT2D eigenvalue weighted by molar-refractivity contribution is -0.140. The standard InChI is InChI=1S/C8H10N2O4/c1-5(7(11)12)10-4-3-6(9-10)8(13)14-2/h3-5H,1-2H3,(H,11,12)/t5-/m1/s1. The van der Waals surface area contributed by atoms with Gasteiger partial charge in [0.15, 0.2) is 5.69 Å². The highest BCUT2D eigenvalue weighted by molar-refractivity contribution is 5.87. The van der Waals surface area contributed by atoms with Crippen LogP contribution in [0.2, 0.25) is 0 Å². The van der Waals surface area contributed by atoms with Gasteiger partial charge >= 0.3 is 11.9 Å². The Kier molecular flexibility index (Phi) is 2.85. The van der Waals surface area contributed by atoms with Gasteiger partial charge in [-0.1, -0.05) is 0 Å². The summed E-state index contributed by atoms with van der Waals surface area (Å²) in [5.41, 5.74) is 0.0978. The third kappa shape index (κ3) is 1.90. The molecule has 0 amide bonds. The molecule has 1 atom stereocenters. The van der Waals surface area contributed by atoms with E-state index >= 15 is 0 Å². The SMILES string of the molecule is COC(=O)c1ccn([C@H](C)C(=O)O)n1. The van der Waals surface area contributed by atoms with Crippen molar-refractivity contribution >= 4 is 11.9 Å². The minimum atomic E-state index is -1.01. The van der Waals surface area contributed by atoms with Gasteiger partial charge in [-0.3, -0.25) is 4.68 Å². The molecule has 1 aromatic rings. The number of carbonyl (C=O) groups excluding carboxylic acids is 1. The molecule has 0 radical (unpaired) electrons. The monoisotopic (exact) mass is 198 g/mol. The van der Waals surface area contributed by atoms with Crippen LogP contribution in [0.3, 0.4) is 0 Å². The van der Waals surface area contributed by atoms with Crippen molar-refractivity contribution in [2.75, 3.05) is 7.11 Å². The summed E-state index contributed by atoms with van der Waals surface area (Å²) >= 11 is 0. The smallest absolute Gasteiger partial charge is 0.358 e. The van der Waals surface area contributed by atoms with Gasteiger partial charge in [0.05, 0.1) is 7.11 Å². The zero-order chi connectivity index (χ0) is 10.7. The van der Waals surface area contributed by atoms with Crippen LogP contribution in [-0.4, -0.2) is 33.9 Å². The van der Waals surface area contributed by atoms with E-state index in [4.69, 9.17) is 5.11 Å². The molecule has 1 rings (SSSR count). The first-order valence-corrected chi connectivity index (χ1v) is 3.92. The van der Waals surface area contributed by atoms with Crippen LogP contribution in [0.4, 0.5) is 0 Å². The maximum atomic E-state index is 11.0. The molecular formula is C8H10N2O4. The Labute approximate surface area is 80.1 Å². The molecule has 1 heterocycles. The molecule has 0 spiro atoms. The number of rotatable bonds is 3. The molecule has 6 nitrogen and oxygen atoms in total. The molecule has 1 aromatic heterocycles. The lowest BCUT2D eigenvalue weighted by atomic mass is 10.4. The third-order valence-corrected chi connectivity index (χ3v) is 1.76. The summed E-state index contributed by atoms with van der Waals surface area (Å²) in [5.74, 6) is -1.59. The normalized spacial score (nSPS) is 12.1. The van der Waals surface area contributed by atoms with E-state index in [0.29, 0.717) is 0 Å². The van der Waals surface area contributed by atoms with E-state index in [1.807, 2.05) is 0 Å². The number of aliphatic carboxylic acids is 1. The van der Waals surface area contributed by atoms with Gasteiger partial charge in [0.2, 0.25) is 0 Å². The van der Waals surface area contributed by atoms with Crippen LogP contribution in [0.25, 0.3) is 0 Å². The van der Waals surface area contributed by atoms with Gasteiger partial charge in [-0.05, 0) is 13.0 Å². The van der Waals surface area contributed by atoms with Gasteiger partial charge in [0.25, 0.3) is 0 Å². The number of ether oxygens (including phenoxy) is 1. The minimum Gasteiger partial charge on any atom is -0.480 e. The van der Waals surface area contributed by atoms with Crippen molar-refractivity contribution in [2.24, 2.45) is 0 Å². The molecule has 0 fully saturated rings. The fourth-order valence-corrected chi connectivity index (χ4v) is 0.880. The summed E-state index contributed by atoms with van der Waals surface area (Å²) in [7, 11) is 1.24. The van der Waals surface area contributed by atoms with E-state index < -0.39 is 18.0 Å². The molecule has 0 bridgehead atoms. The average Bonchev–Trinajstić information content (AvgIpc) is 2.64. The minimum absolute atomic E-state index is 0.0978. The van der Waals surface area contributed by atoms with Gasteiger partial charge in [-0.2, -0.15) is 5.10 Å². The Morgan fingerprint density at radius 2 is 2.29 bits per heavy atom. The second-order valence-electron chi connectivity index (χ2n) is 2.69. The number of esters is 1. The Morgan fingerprint density at radius 3 is 2.79 bits per heavy atom. The van der Waals surface area contributed by atoms with Gasteiger partial charge < -0.3 is 9.84 Å². The van der Waals surface area contributed by atoms with Gasteiger partial charge in [0.1, 0.15) is 6.04 Å². The number of aromatic nitrogens is 2. The lowest BCUT2D eigenvalue weighted by Gasteiger charge is -2.05. The van der Waals surface area contributed by atoms with Gasteiger partial charge in [0, 0.05) is 6.20 Å².